The molecule has 0 spiro atoms. The Labute approximate surface area is 145 Å². The molecule has 0 unspecified atom stereocenters. The van der Waals surface area contributed by atoms with Crippen LogP contribution in [-0.4, -0.2) is 19.7 Å². The molecular formula is C14H12Br2N2O3S. The van der Waals surface area contributed by atoms with E-state index in [9.17, 15) is 13.5 Å². The SMILES string of the molecule is Cc1ccc(S(=O)(=O)N/N=C/c2cc(Br)c(O)c(Br)c2)cc1. The molecule has 116 valence electrons. The molecule has 5 nitrogen and oxygen atoms in total. The van der Waals surface area contributed by atoms with Crippen molar-refractivity contribution in [2.75, 3.05) is 0 Å². The second kappa shape index (κ2) is 6.80. The number of aromatic hydroxyl groups is 1. The fourth-order valence-corrected chi connectivity index (χ4v) is 3.61. The van der Waals surface area contributed by atoms with Crippen LogP contribution in [0.3, 0.4) is 0 Å². The van der Waals surface area contributed by atoms with Crippen LogP contribution >= 0.6 is 31.9 Å². The Balaban J connectivity index is 2.16. The summed E-state index contributed by atoms with van der Waals surface area (Å²) >= 11 is 6.38. The van der Waals surface area contributed by atoms with E-state index in [0.717, 1.165) is 5.56 Å². The first-order valence-electron chi connectivity index (χ1n) is 6.09. The van der Waals surface area contributed by atoms with Crippen LogP contribution < -0.4 is 4.83 Å². The summed E-state index contributed by atoms with van der Waals surface area (Å²) in [5.41, 5.74) is 1.59. The third-order valence-corrected chi connectivity index (χ3v) is 5.20. The summed E-state index contributed by atoms with van der Waals surface area (Å²) in [5.74, 6) is 0.0670. The number of phenolic OH excluding ortho intramolecular Hbond substituents is 1. The van der Waals surface area contributed by atoms with Crippen molar-refractivity contribution in [1.29, 1.82) is 0 Å². The lowest BCUT2D eigenvalue weighted by atomic mass is 10.2. The van der Waals surface area contributed by atoms with Crippen LogP contribution in [-0.2, 0) is 10.0 Å². The van der Waals surface area contributed by atoms with Crippen molar-refractivity contribution in [2.45, 2.75) is 11.8 Å². The van der Waals surface area contributed by atoms with E-state index in [-0.39, 0.29) is 10.6 Å². The van der Waals surface area contributed by atoms with E-state index in [0.29, 0.717) is 14.5 Å². The summed E-state index contributed by atoms with van der Waals surface area (Å²) in [5, 5.41) is 13.3. The maximum atomic E-state index is 12.0. The summed E-state index contributed by atoms with van der Waals surface area (Å²) in [6.45, 7) is 1.88. The number of hydrogen-bond acceptors (Lipinski definition) is 4. The summed E-state index contributed by atoms with van der Waals surface area (Å²) in [4.78, 5) is 2.29. The molecule has 0 amide bonds. The maximum absolute atomic E-state index is 12.0. The average molecular weight is 448 g/mol. The second-order valence-corrected chi connectivity index (χ2v) is 7.87. The molecule has 2 rings (SSSR count). The van der Waals surface area contributed by atoms with Gasteiger partial charge in [0.2, 0.25) is 0 Å². The van der Waals surface area contributed by atoms with Crippen LogP contribution in [0.15, 0.2) is 55.3 Å². The zero-order chi connectivity index (χ0) is 16.3. The van der Waals surface area contributed by atoms with Gasteiger partial charge in [0.25, 0.3) is 10.0 Å². The molecule has 0 aliphatic carbocycles. The molecule has 0 fully saturated rings. The number of hydrazone groups is 1. The highest BCUT2D eigenvalue weighted by Gasteiger charge is 2.12. The Bertz CT molecular complexity index is 795. The number of hydrogen-bond donors (Lipinski definition) is 2. The average Bonchev–Trinajstić information content (AvgIpc) is 2.45. The second-order valence-electron chi connectivity index (χ2n) is 4.50. The van der Waals surface area contributed by atoms with E-state index < -0.39 is 10.0 Å². The normalized spacial score (nSPS) is 11.8. The van der Waals surface area contributed by atoms with Crippen molar-refractivity contribution < 1.29 is 13.5 Å². The van der Waals surface area contributed by atoms with Gasteiger partial charge in [0.1, 0.15) is 5.75 Å². The van der Waals surface area contributed by atoms with Crippen molar-refractivity contribution in [2.24, 2.45) is 5.10 Å². The van der Waals surface area contributed by atoms with E-state index in [1.807, 2.05) is 6.92 Å². The topological polar surface area (TPSA) is 78.8 Å². The highest BCUT2D eigenvalue weighted by atomic mass is 79.9. The van der Waals surface area contributed by atoms with Crippen molar-refractivity contribution in [1.82, 2.24) is 4.83 Å². The molecule has 0 aromatic heterocycles. The monoisotopic (exact) mass is 446 g/mol. The molecule has 0 bridgehead atoms. The van der Waals surface area contributed by atoms with Gasteiger partial charge < -0.3 is 5.11 Å². The van der Waals surface area contributed by atoms with Gasteiger partial charge in [-0.3, -0.25) is 0 Å². The zero-order valence-corrected chi connectivity index (χ0v) is 15.4. The smallest absolute Gasteiger partial charge is 0.276 e. The number of aryl methyl sites for hydroxylation is 1. The molecule has 0 saturated heterocycles. The minimum atomic E-state index is -3.70. The molecule has 22 heavy (non-hydrogen) atoms. The molecule has 0 aliphatic heterocycles. The van der Waals surface area contributed by atoms with Gasteiger partial charge in [-0.15, -0.1) is 0 Å². The third-order valence-electron chi connectivity index (χ3n) is 2.76. The minimum absolute atomic E-state index is 0.0670. The number of nitrogens with zero attached hydrogens (tertiary/aromatic N) is 1. The van der Waals surface area contributed by atoms with E-state index in [4.69, 9.17) is 0 Å². The fourth-order valence-electron chi connectivity index (χ4n) is 1.60. The molecular weight excluding hydrogens is 436 g/mol. The number of sulfonamides is 1. The lowest BCUT2D eigenvalue weighted by molar-refractivity contribution is 0.468. The van der Waals surface area contributed by atoms with Gasteiger partial charge in [-0.25, -0.2) is 4.83 Å². The molecule has 2 N–H and O–H groups in total. The fraction of sp³-hybridized carbons (Fsp3) is 0.0714. The van der Waals surface area contributed by atoms with Crippen LogP contribution in [0, 0.1) is 6.92 Å². The van der Waals surface area contributed by atoms with E-state index in [1.165, 1.54) is 18.3 Å². The summed E-state index contributed by atoms with van der Waals surface area (Å²) in [7, 11) is -3.70. The van der Waals surface area contributed by atoms with Gasteiger partial charge in [-0.05, 0) is 68.6 Å². The molecule has 2 aromatic rings. The first-order valence-corrected chi connectivity index (χ1v) is 9.16. The summed E-state index contributed by atoms with van der Waals surface area (Å²) < 4.78 is 25.0. The predicted octanol–water partition coefficient (Wildman–Crippen LogP) is 3.54. The van der Waals surface area contributed by atoms with Gasteiger partial charge >= 0.3 is 0 Å². The highest BCUT2D eigenvalue weighted by molar-refractivity contribution is 9.11. The van der Waals surface area contributed by atoms with Gasteiger partial charge in [0.15, 0.2) is 0 Å². The molecule has 0 atom stereocenters. The molecule has 0 saturated carbocycles. The highest BCUT2D eigenvalue weighted by Crippen LogP contribution is 2.32. The molecule has 8 heteroatoms. The van der Waals surface area contributed by atoms with Crippen molar-refractivity contribution in [3.8, 4) is 5.75 Å². The standard InChI is InChI=1S/C14H12Br2N2O3S/c1-9-2-4-11(5-3-9)22(20,21)18-17-8-10-6-12(15)14(19)13(16)7-10/h2-8,18-19H,1H3/b17-8+. The maximum Gasteiger partial charge on any atom is 0.276 e. The van der Waals surface area contributed by atoms with Crippen molar-refractivity contribution in [3.63, 3.8) is 0 Å². The van der Waals surface area contributed by atoms with Crippen LogP contribution in [0.4, 0.5) is 0 Å². The molecule has 0 aliphatic rings. The zero-order valence-electron chi connectivity index (χ0n) is 11.4. The lowest BCUT2D eigenvalue weighted by Crippen LogP contribution is -2.18. The van der Waals surface area contributed by atoms with Gasteiger partial charge in [0, 0.05) is 0 Å². The van der Waals surface area contributed by atoms with Crippen molar-refractivity contribution >= 4 is 48.1 Å². The molecule has 0 radical (unpaired) electrons. The lowest BCUT2D eigenvalue weighted by Gasteiger charge is -2.04. The summed E-state index contributed by atoms with van der Waals surface area (Å²) in [6, 6.07) is 9.69. The first kappa shape index (κ1) is 17.0. The van der Waals surface area contributed by atoms with E-state index in [2.05, 4.69) is 41.8 Å². The van der Waals surface area contributed by atoms with Crippen molar-refractivity contribution in [3.05, 3.63) is 56.5 Å². The Morgan fingerprint density at radius 1 is 1.14 bits per heavy atom. The number of nitrogens with one attached hydrogen (secondary N) is 1. The Morgan fingerprint density at radius 2 is 1.68 bits per heavy atom. The first-order chi connectivity index (χ1) is 10.3. The van der Waals surface area contributed by atoms with Gasteiger partial charge in [-0.2, -0.15) is 13.5 Å². The summed E-state index contributed by atoms with van der Waals surface area (Å²) in [6.07, 6.45) is 1.35. The van der Waals surface area contributed by atoms with Crippen LogP contribution in [0.25, 0.3) is 0 Å². The number of rotatable bonds is 4. The number of halogens is 2. The predicted molar refractivity (Wildman–Crippen MR) is 92.6 cm³/mol. The quantitative estimate of drug-likeness (QED) is 0.555. The van der Waals surface area contributed by atoms with E-state index >= 15 is 0 Å². The van der Waals surface area contributed by atoms with Crippen LogP contribution in [0.5, 0.6) is 5.75 Å². The molecule has 0 heterocycles. The minimum Gasteiger partial charge on any atom is -0.506 e. The Hall–Kier alpha value is -1.38. The number of phenols is 1. The molecule has 2 aromatic carbocycles. The van der Waals surface area contributed by atoms with Gasteiger partial charge in [0.05, 0.1) is 20.1 Å². The van der Waals surface area contributed by atoms with Gasteiger partial charge in [-0.1, -0.05) is 17.7 Å². The van der Waals surface area contributed by atoms with E-state index in [1.54, 1.807) is 24.3 Å². The Morgan fingerprint density at radius 3 is 2.23 bits per heavy atom. The van der Waals surface area contributed by atoms with Crippen LogP contribution in [0.2, 0.25) is 0 Å². The number of benzene rings is 2. The van der Waals surface area contributed by atoms with Crippen LogP contribution in [0.1, 0.15) is 11.1 Å². The largest absolute Gasteiger partial charge is 0.506 e. The third kappa shape index (κ3) is 4.08. The Kier molecular flexibility index (Phi) is 5.25.